The Bertz CT molecular complexity index is 859. The van der Waals surface area contributed by atoms with Gasteiger partial charge in [0.05, 0.1) is 5.69 Å². The number of carbonyl (C=O) groups is 1. The molecule has 0 saturated carbocycles. The fraction of sp³-hybridized carbons (Fsp3) is 0.667. The third kappa shape index (κ3) is 5.60. The van der Waals surface area contributed by atoms with Crippen LogP contribution in [0.15, 0.2) is 21.1 Å². The van der Waals surface area contributed by atoms with Crippen LogP contribution in [-0.4, -0.2) is 91.3 Å². The highest BCUT2D eigenvalue weighted by molar-refractivity contribution is 5.91. The lowest BCUT2D eigenvalue weighted by molar-refractivity contribution is 0.0258. The van der Waals surface area contributed by atoms with E-state index in [1.165, 1.54) is 0 Å². The SMILES string of the molecule is Cc1noc(C)c1Cc1ccc(C(=O)N(CCCN2CCN(C)CC2)C2CCOCC2)o1. The fourth-order valence-corrected chi connectivity index (χ4v) is 4.64. The molecule has 0 bridgehead atoms. The van der Waals surface area contributed by atoms with Gasteiger partial charge in [0, 0.05) is 64.0 Å². The number of piperazine rings is 1. The molecule has 0 spiro atoms. The van der Waals surface area contributed by atoms with Crippen molar-refractivity contribution in [3.63, 3.8) is 0 Å². The summed E-state index contributed by atoms with van der Waals surface area (Å²) in [5, 5.41) is 4.01. The van der Waals surface area contributed by atoms with Crippen LogP contribution in [0.5, 0.6) is 0 Å². The molecule has 1 amide bonds. The zero-order chi connectivity index (χ0) is 22.5. The van der Waals surface area contributed by atoms with Gasteiger partial charge in [0.1, 0.15) is 11.5 Å². The van der Waals surface area contributed by atoms with E-state index in [2.05, 4.69) is 22.0 Å². The van der Waals surface area contributed by atoms with Crippen molar-refractivity contribution in [2.45, 2.75) is 45.6 Å². The van der Waals surface area contributed by atoms with Crippen molar-refractivity contribution in [3.05, 3.63) is 40.7 Å². The molecule has 2 aliphatic rings. The Labute approximate surface area is 190 Å². The molecule has 2 aliphatic heterocycles. The van der Waals surface area contributed by atoms with Gasteiger partial charge in [-0.3, -0.25) is 4.79 Å². The van der Waals surface area contributed by atoms with Crippen molar-refractivity contribution < 1.29 is 18.5 Å². The molecule has 8 nitrogen and oxygen atoms in total. The van der Waals surface area contributed by atoms with Crippen LogP contribution >= 0.6 is 0 Å². The van der Waals surface area contributed by atoms with Gasteiger partial charge in [-0.05, 0) is 58.8 Å². The van der Waals surface area contributed by atoms with Crippen LogP contribution in [0, 0.1) is 13.8 Å². The van der Waals surface area contributed by atoms with Crippen LogP contribution < -0.4 is 0 Å². The van der Waals surface area contributed by atoms with Gasteiger partial charge >= 0.3 is 0 Å². The Morgan fingerprint density at radius 2 is 1.91 bits per heavy atom. The molecule has 2 fully saturated rings. The van der Waals surface area contributed by atoms with Crippen molar-refractivity contribution in [2.24, 2.45) is 0 Å². The predicted molar refractivity (Wildman–Crippen MR) is 121 cm³/mol. The first-order chi connectivity index (χ1) is 15.5. The number of ether oxygens (including phenoxy) is 1. The average Bonchev–Trinajstić information content (AvgIpc) is 3.40. The molecule has 0 radical (unpaired) electrons. The molecule has 0 N–H and O–H groups in total. The quantitative estimate of drug-likeness (QED) is 0.620. The van der Waals surface area contributed by atoms with Crippen molar-refractivity contribution in [1.82, 2.24) is 19.9 Å². The Morgan fingerprint density at radius 1 is 1.16 bits per heavy atom. The maximum Gasteiger partial charge on any atom is 0.289 e. The van der Waals surface area contributed by atoms with E-state index in [4.69, 9.17) is 13.7 Å². The summed E-state index contributed by atoms with van der Waals surface area (Å²) in [6.07, 6.45) is 3.31. The minimum absolute atomic E-state index is 0.0136. The molecule has 176 valence electrons. The number of rotatable bonds is 8. The third-order valence-corrected chi connectivity index (χ3v) is 6.77. The monoisotopic (exact) mass is 444 g/mol. The second kappa shape index (κ2) is 10.6. The summed E-state index contributed by atoms with van der Waals surface area (Å²) in [5.41, 5.74) is 1.88. The van der Waals surface area contributed by atoms with E-state index < -0.39 is 0 Å². The lowest BCUT2D eigenvalue weighted by atomic mass is 10.1. The first-order valence-electron chi connectivity index (χ1n) is 11.8. The fourth-order valence-electron chi connectivity index (χ4n) is 4.64. The normalized spacial score (nSPS) is 18.8. The number of carbonyl (C=O) groups excluding carboxylic acids is 1. The van der Waals surface area contributed by atoms with Gasteiger partial charge in [0.2, 0.25) is 0 Å². The minimum Gasteiger partial charge on any atom is -0.456 e. The van der Waals surface area contributed by atoms with Crippen LogP contribution in [-0.2, 0) is 11.2 Å². The van der Waals surface area contributed by atoms with E-state index in [0.29, 0.717) is 25.4 Å². The number of furan rings is 1. The summed E-state index contributed by atoms with van der Waals surface area (Å²) in [6, 6.07) is 3.91. The molecule has 8 heteroatoms. The molecule has 0 unspecified atom stereocenters. The molecule has 4 rings (SSSR count). The Balaban J connectivity index is 1.40. The van der Waals surface area contributed by atoms with Gasteiger partial charge in [-0.1, -0.05) is 5.16 Å². The Morgan fingerprint density at radius 3 is 2.59 bits per heavy atom. The van der Waals surface area contributed by atoms with Crippen LogP contribution in [0.1, 0.15) is 52.6 Å². The Hall–Kier alpha value is -2.16. The lowest BCUT2D eigenvalue weighted by Gasteiger charge is -2.35. The maximum absolute atomic E-state index is 13.5. The second-order valence-corrected chi connectivity index (χ2v) is 9.09. The molecule has 32 heavy (non-hydrogen) atoms. The molecular weight excluding hydrogens is 408 g/mol. The number of aryl methyl sites for hydroxylation is 2. The highest BCUT2D eigenvalue weighted by atomic mass is 16.5. The molecule has 2 aromatic rings. The van der Waals surface area contributed by atoms with Gasteiger partial charge in [-0.2, -0.15) is 0 Å². The van der Waals surface area contributed by atoms with Gasteiger partial charge in [-0.15, -0.1) is 0 Å². The Kier molecular flexibility index (Phi) is 7.65. The summed E-state index contributed by atoms with van der Waals surface area (Å²) < 4.78 is 16.8. The molecule has 0 aliphatic carbocycles. The zero-order valence-corrected chi connectivity index (χ0v) is 19.6. The maximum atomic E-state index is 13.5. The highest BCUT2D eigenvalue weighted by Gasteiger charge is 2.28. The molecule has 2 aromatic heterocycles. The van der Waals surface area contributed by atoms with Gasteiger partial charge < -0.3 is 28.4 Å². The van der Waals surface area contributed by atoms with Crippen LogP contribution in [0.4, 0.5) is 0 Å². The summed E-state index contributed by atoms with van der Waals surface area (Å²) >= 11 is 0. The summed E-state index contributed by atoms with van der Waals surface area (Å²) in [6.45, 7) is 11.4. The smallest absolute Gasteiger partial charge is 0.289 e. The first kappa shape index (κ1) is 23.0. The summed E-state index contributed by atoms with van der Waals surface area (Å²) in [5.74, 6) is 1.95. The van der Waals surface area contributed by atoms with Gasteiger partial charge in [-0.25, -0.2) is 0 Å². The van der Waals surface area contributed by atoms with Crippen molar-refractivity contribution in [1.29, 1.82) is 0 Å². The van der Waals surface area contributed by atoms with E-state index >= 15 is 0 Å². The summed E-state index contributed by atoms with van der Waals surface area (Å²) in [4.78, 5) is 20.4. The molecular formula is C24H36N4O4. The van der Waals surface area contributed by atoms with Crippen LogP contribution in [0.25, 0.3) is 0 Å². The number of nitrogens with zero attached hydrogens (tertiary/aromatic N) is 4. The lowest BCUT2D eigenvalue weighted by Crippen LogP contribution is -2.47. The molecule has 0 atom stereocenters. The predicted octanol–water partition coefficient (Wildman–Crippen LogP) is 2.73. The second-order valence-electron chi connectivity index (χ2n) is 9.09. The van der Waals surface area contributed by atoms with Crippen molar-refractivity contribution >= 4 is 5.91 Å². The van der Waals surface area contributed by atoms with Gasteiger partial charge in [0.25, 0.3) is 5.91 Å². The first-order valence-corrected chi connectivity index (χ1v) is 11.8. The zero-order valence-electron chi connectivity index (χ0n) is 19.6. The van der Waals surface area contributed by atoms with Crippen molar-refractivity contribution in [2.75, 3.05) is 59.5 Å². The average molecular weight is 445 g/mol. The molecule has 2 saturated heterocycles. The van der Waals surface area contributed by atoms with E-state index in [-0.39, 0.29) is 11.9 Å². The number of aromatic nitrogens is 1. The molecule has 4 heterocycles. The molecule has 0 aromatic carbocycles. The van der Waals surface area contributed by atoms with Crippen LogP contribution in [0.3, 0.4) is 0 Å². The van der Waals surface area contributed by atoms with E-state index in [0.717, 1.165) is 81.3 Å². The minimum atomic E-state index is -0.0136. The van der Waals surface area contributed by atoms with E-state index in [1.807, 2.05) is 30.9 Å². The van der Waals surface area contributed by atoms with Gasteiger partial charge in [0.15, 0.2) is 5.76 Å². The highest BCUT2D eigenvalue weighted by Crippen LogP contribution is 2.22. The number of hydrogen-bond donors (Lipinski definition) is 0. The number of hydrogen-bond acceptors (Lipinski definition) is 7. The van der Waals surface area contributed by atoms with Crippen LogP contribution in [0.2, 0.25) is 0 Å². The number of amides is 1. The standard InChI is InChI=1S/C24H36N4O4/c1-18-22(19(2)32-25-18)17-21-5-6-23(31-21)24(29)28(20-7-15-30-16-8-20)10-4-9-27-13-11-26(3)12-14-27/h5-6,20H,4,7-17H2,1-3H3. The number of likely N-dealkylation sites (N-methyl/N-ethyl adjacent to an activating group) is 1. The third-order valence-electron chi connectivity index (χ3n) is 6.77. The van der Waals surface area contributed by atoms with Crippen molar-refractivity contribution in [3.8, 4) is 0 Å². The largest absolute Gasteiger partial charge is 0.456 e. The topological polar surface area (TPSA) is 75.2 Å². The summed E-state index contributed by atoms with van der Waals surface area (Å²) in [7, 11) is 2.17. The van der Waals surface area contributed by atoms with E-state index in [9.17, 15) is 4.79 Å². The van der Waals surface area contributed by atoms with E-state index in [1.54, 1.807) is 0 Å².